The van der Waals surface area contributed by atoms with Crippen LogP contribution in [0.2, 0.25) is 0 Å². The molecule has 12 heavy (non-hydrogen) atoms. The van der Waals surface area contributed by atoms with Crippen molar-refractivity contribution in [1.82, 2.24) is 0 Å². The Morgan fingerprint density at radius 3 is 2.42 bits per heavy atom. The van der Waals surface area contributed by atoms with Crippen LogP contribution in [0.15, 0.2) is 24.5 Å². The molecule has 64 valence electrons. The maximum Gasteiger partial charge on any atom is 0.208 e. The fourth-order valence-electron chi connectivity index (χ4n) is 0.935. The topological polar surface area (TPSA) is 3.88 Å². The second kappa shape index (κ2) is 5.62. The van der Waals surface area contributed by atoms with E-state index < -0.39 is 0 Å². The highest BCUT2D eigenvalue weighted by Crippen LogP contribution is 1.94. The monoisotopic (exact) mass is 181 g/mol. The molecule has 0 aliphatic rings. The summed E-state index contributed by atoms with van der Waals surface area (Å²) in [7, 11) is 0. The number of halogens is 1. The maximum absolute atomic E-state index is 5.16. The largest absolute Gasteiger partial charge is 1.00 e. The van der Waals surface area contributed by atoms with E-state index in [-0.39, 0.29) is 12.4 Å². The van der Waals surface area contributed by atoms with Crippen molar-refractivity contribution in [1.29, 1.82) is 0 Å². The van der Waals surface area contributed by atoms with Crippen molar-refractivity contribution in [2.75, 3.05) is 0 Å². The molecule has 0 saturated carbocycles. The summed E-state index contributed by atoms with van der Waals surface area (Å²) in [6.45, 7) is 2.80. The quantitative estimate of drug-likeness (QED) is 0.374. The van der Waals surface area contributed by atoms with Gasteiger partial charge in [-0.3, -0.25) is 0 Å². The van der Waals surface area contributed by atoms with E-state index >= 15 is 0 Å². The molecule has 1 heterocycles. The Bertz CT molecular complexity index is 258. The highest BCUT2D eigenvalue weighted by molar-refractivity contribution is 5.06. The maximum atomic E-state index is 5.16. The van der Waals surface area contributed by atoms with Gasteiger partial charge < -0.3 is 12.4 Å². The molecular weight excluding hydrogens is 170 g/mol. The number of aryl methyl sites for hydroxylation is 1. The minimum absolute atomic E-state index is 0. The fourth-order valence-corrected chi connectivity index (χ4v) is 0.935. The van der Waals surface area contributed by atoms with Gasteiger partial charge in [-0.2, -0.15) is 4.57 Å². The van der Waals surface area contributed by atoms with Crippen molar-refractivity contribution in [2.45, 2.75) is 19.9 Å². The first-order chi connectivity index (χ1) is 5.36. The van der Waals surface area contributed by atoms with Crippen LogP contribution in [0, 0.1) is 12.3 Å². The summed E-state index contributed by atoms with van der Waals surface area (Å²) in [4.78, 5) is 0. The molecule has 0 N–H and O–H groups in total. The Morgan fingerprint density at radius 2 is 2.00 bits per heavy atom. The lowest BCUT2D eigenvalue weighted by Gasteiger charge is -1.92. The highest BCUT2D eigenvalue weighted by Gasteiger charge is 1.95. The molecule has 0 aliphatic carbocycles. The lowest BCUT2D eigenvalue weighted by atomic mass is 10.2. The minimum atomic E-state index is 0. The fraction of sp³-hybridized carbons (Fsp3) is 0.300. The lowest BCUT2D eigenvalue weighted by molar-refractivity contribution is -0.684. The summed E-state index contributed by atoms with van der Waals surface area (Å²) < 4.78 is 1.99. The van der Waals surface area contributed by atoms with Crippen LogP contribution in [-0.4, -0.2) is 0 Å². The molecule has 0 amide bonds. The summed E-state index contributed by atoms with van der Waals surface area (Å²) >= 11 is 0. The van der Waals surface area contributed by atoms with Gasteiger partial charge >= 0.3 is 0 Å². The van der Waals surface area contributed by atoms with E-state index in [1.807, 2.05) is 17.0 Å². The van der Waals surface area contributed by atoms with Crippen LogP contribution < -0.4 is 17.0 Å². The molecule has 2 heteroatoms. The van der Waals surface area contributed by atoms with Crippen molar-refractivity contribution in [3.05, 3.63) is 30.1 Å². The van der Waals surface area contributed by atoms with Crippen LogP contribution in [0.1, 0.15) is 12.5 Å². The van der Waals surface area contributed by atoms with Gasteiger partial charge in [-0.15, -0.1) is 6.42 Å². The Balaban J connectivity index is 0.00000121. The van der Waals surface area contributed by atoms with Crippen molar-refractivity contribution in [3.8, 4) is 12.3 Å². The number of aromatic nitrogens is 1. The van der Waals surface area contributed by atoms with E-state index in [1.54, 1.807) is 0 Å². The third-order valence-corrected chi connectivity index (χ3v) is 1.64. The average molecular weight is 182 g/mol. The van der Waals surface area contributed by atoms with E-state index in [1.165, 1.54) is 5.56 Å². The molecule has 0 fully saturated rings. The third-order valence-electron chi connectivity index (χ3n) is 1.64. The van der Waals surface area contributed by atoms with Crippen molar-refractivity contribution >= 4 is 0 Å². The van der Waals surface area contributed by atoms with Crippen LogP contribution in [-0.2, 0) is 13.0 Å². The second-order valence-corrected chi connectivity index (χ2v) is 2.44. The molecule has 0 unspecified atom stereocenters. The SMILES string of the molecule is C#CC[n+]1ccc(CC)cc1.[Cl-]. The van der Waals surface area contributed by atoms with Gasteiger partial charge in [-0.25, -0.2) is 0 Å². The molecule has 0 atom stereocenters. The number of terminal acetylenes is 1. The van der Waals surface area contributed by atoms with Crippen molar-refractivity contribution < 1.29 is 17.0 Å². The average Bonchev–Trinajstić information content (AvgIpc) is 2.07. The van der Waals surface area contributed by atoms with Crippen molar-refractivity contribution in [3.63, 3.8) is 0 Å². The van der Waals surface area contributed by atoms with Crippen molar-refractivity contribution in [2.24, 2.45) is 0 Å². The van der Waals surface area contributed by atoms with Gasteiger partial charge in [-0.1, -0.05) is 6.92 Å². The predicted octanol–water partition coefficient (Wildman–Crippen LogP) is -1.83. The third kappa shape index (κ3) is 2.94. The number of nitrogens with zero attached hydrogens (tertiary/aromatic N) is 1. The summed E-state index contributed by atoms with van der Waals surface area (Å²) in [5, 5.41) is 0. The zero-order chi connectivity index (χ0) is 8.10. The molecule has 0 aromatic carbocycles. The number of pyridine rings is 1. The molecule has 0 spiro atoms. The predicted molar refractivity (Wildman–Crippen MR) is 44.8 cm³/mol. The lowest BCUT2D eigenvalue weighted by Crippen LogP contribution is -3.00. The summed E-state index contributed by atoms with van der Waals surface area (Å²) in [6.07, 6.45) is 10.3. The first-order valence-corrected chi connectivity index (χ1v) is 3.78. The van der Waals surface area contributed by atoms with Crippen LogP contribution in [0.5, 0.6) is 0 Å². The van der Waals surface area contributed by atoms with Gasteiger partial charge in [-0.05, 0) is 17.9 Å². The van der Waals surface area contributed by atoms with Gasteiger partial charge in [0.25, 0.3) is 0 Å². The molecule has 1 rings (SSSR count). The summed E-state index contributed by atoms with van der Waals surface area (Å²) in [5.41, 5.74) is 1.35. The number of hydrogen-bond acceptors (Lipinski definition) is 0. The molecule has 1 nitrogen and oxygen atoms in total. The number of hydrogen-bond donors (Lipinski definition) is 0. The number of rotatable bonds is 2. The van der Waals surface area contributed by atoms with Crippen LogP contribution >= 0.6 is 0 Å². The van der Waals surface area contributed by atoms with Gasteiger partial charge in [0.15, 0.2) is 12.4 Å². The molecule has 0 radical (unpaired) electrons. The summed E-state index contributed by atoms with van der Waals surface area (Å²) in [5.74, 6) is 2.58. The zero-order valence-electron chi connectivity index (χ0n) is 7.13. The Kier molecular flexibility index (Phi) is 5.16. The molecule has 0 aliphatic heterocycles. The van der Waals surface area contributed by atoms with Gasteiger partial charge in [0.05, 0.1) is 0 Å². The van der Waals surface area contributed by atoms with Crippen LogP contribution in [0.3, 0.4) is 0 Å². The normalized spacial score (nSPS) is 8.33. The molecule has 1 aromatic heterocycles. The molecule has 0 bridgehead atoms. The Morgan fingerprint density at radius 1 is 1.42 bits per heavy atom. The first kappa shape index (κ1) is 11.0. The van der Waals surface area contributed by atoms with E-state index in [2.05, 4.69) is 25.0 Å². The van der Waals surface area contributed by atoms with E-state index in [0.29, 0.717) is 6.54 Å². The second-order valence-electron chi connectivity index (χ2n) is 2.44. The first-order valence-electron chi connectivity index (χ1n) is 3.78. The summed E-state index contributed by atoms with van der Waals surface area (Å²) in [6, 6.07) is 4.19. The van der Waals surface area contributed by atoms with Gasteiger partial charge in [0.2, 0.25) is 6.54 Å². The molecular formula is C10H12ClN. The van der Waals surface area contributed by atoms with E-state index in [4.69, 9.17) is 6.42 Å². The Hall–Kier alpha value is -1.00. The van der Waals surface area contributed by atoms with Crippen LogP contribution in [0.25, 0.3) is 0 Å². The minimum Gasteiger partial charge on any atom is -1.00 e. The highest BCUT2D eigenvalue weighted by atomic mass is 35.5. The van der Waals surface area contributed by atoms with Gasteiger partial charge in [0.1, 0.15) is 0 Å². The van der Waals surface area contributed by atoms with E-state index in [9.17, 15) is 0 Å². The zero-order valence-corrected chi connectivity index (χ0v) is 7.88. The standard InChI is InChI=1S/C10H12N.ClH/c1-3-7-11-8-5-10(4-2)6-9-11;/h1,5-6,8-9H,4,7H2,2H3;1H/q+1;/p-1. The Labute approximate surface area is 79.8 Å². The van der Waals surface area contributed by atoms with Gasteiger partial charge in [0, 0.05) is 12.1 Å². The molecule has 1 aromatic rings. The smallest absolute Gasteiger partial charge is 0.208 e. The van der Waals surface area contributed by atoms with Crippen LogP contribution in [0.4, 0.5) is 0 Å². The molecule has 0 saturated heterocycles. The van der Waals surface area contributed by atoms with E-state index in [0.717, 1.165) is 6.42 Å².